The van der Waals surface area contributed by atoms with E-state index in [1.165, 1.54) is 0 Å². The first kappa shape index (κ1) is 15.0. The number of carboxylic acid groups (broad SMARTS) is 1. The zero-order valence-electron chi connectivity index (χ0n) is 10.2. The van der Waals surface area contributed by atoms with E-state index < -0.39 is 5.97 Å². The molecule has 0 bridgehead atoms. The van der Waals surface area contributed by atoms with Gasteiger partial charge in [0, 0.05) is 0 Å². The number of allylic oxidation sites excluding steroid dienone is 1. The first-order chi connectivity index (χ1) is 8.65. The summed E-state index contributed by atoms with van der Waals surface area (Å²) in [6, 6.07) is 4.92. The summed E-state index contributed by atoms with van der Waals surface area (Å²) in [5.41, 5.74) is 0.261. The zero-order chi connectivity index (χ0) is 13.4. The second kappa shape index (κ2) is 8.13. The van der Waals surface area contributed by atoms with E-state index in [4.69, 9.17) is 9.84 Å². The fourth-order valence-corrected chi connectivity index (χ4v) is 1.99. The lowest BCUT2D eigenvalue weighted by molar-refractivity contribution is 0.0696. The van der Waals surface area contributed by atoms with Crippen LogP contribution in [0.25, 0.3) is 0 Å². The second-order valence-corrected chi connectivity index (χ2v) is 5.10. The van der Waals surface area contributed by atoms with E-state index in [-0.39, 0.29) is 5.56 Å². The topological polar surface area (TPSA) is 46.5 Å². The van der Waals surface area contributed by atoms with Gasteiger partial charge in [-0.2, -0.15) is 0 Å². The highest BCUT2D eigenvalue weighted by molar-refractivity contribution is 14.1. The first-order valence-corrected chi connectivity index (χ1v) is 6.99. The maximum Gasteiger partial charge on any atom is 0.335 e. The molecule has 0 fully saturated rings. The van der Waals surface area contributed by atoms with E-state index in [0.29, 0.717) is 12.4 Å². The highest BCUT2D eigenvalue weighted by Crippen LogP contribution is 2.22. The van der Waals surface area contributed by atoms with Crippen molar-refractivity contribution in [2.45, 2.75) is 25.7 Å². The van der Waals surface area contributed by atoms with Crippen molar-refractivity contribution < 1.29 is 14.6 Å². The van der Waals surface area contributed by atoms with Crippen molar-refractivity contribution in [1.82, 2.24) is 0 Å². The summed E-state index contributed by atoms with van der Waals surface area (Å²) >= 11 is 2.14. The number of benzene rings is 1. The molecule has 0 radical (unpaired) electrons. The predicted octanol–water partition coefficient (Wildman–Crippen LogP) is 4.11. The summed E-state index contributed by atoms with van der Waals surface area (Å²) in [7, 11) is 0. The summed E-state index contributed by atoms with van der Waals surface area (Å²) in [4.78, 5) is 10.8. The van der Waals surface area contributed by atoms with Crippen molar-refractivity contribution in [3.05, 3.63) is 40.0 Å². The molecule has 18 heavy (non-hydrogen) atoms. The van der Waals surface area contributed by atoms with Gasteiger partial charge >= 0.3 is 5.97 Å². The van der Waals surface area contributed by atoms with Crippen molar-refractivity contribution in [1.29, 1.82) is 0 Å². The molecule has 1 aromatic carbocycles. The Bertz CT molecular complexity index is 416. The lowest BCUT2D eigenvalue weighted by Gasteiger charge is -2.08. The van der Waals surface area contributed by atoms with Gasteiger partial charge in [0.05, 0.1) is 15.7 Å². The lowest BCUT2D eigenvalue weighted by Crippen LogP contribution is -2.02. The van der Waals surface area contributed by atoms with Gasteiger partial charge in [-0.15, -0.1) is 6.58 Å². The molecular weight excluding hydrogens is 343 g/mol. The Morgan fingerprint density at radius 2 is 2.17 bits per heavy atom. The van der Waals surface area contributed by atoms with E-state index in [1.54, 1.807) is 18.2 Å². The third-order valence-electron chi connectivity index (χ3n) is 2.49. The number of carbonyl (C=O) groups is 1. The van der Waals surface area contributed by atoms with Crippen LogP contribution >= 0.6 is 22.6 Å². The van der Waals surface area contributed by atoms with Crippen LogP contribution in [0.1, 0.15) is 36.0 Å². The first-order valence-electron chi connectivity index (χ1n) is 5.91. The summed E-state index contributed by atoms with van der Waals surface area (Å²) in [5, 5.41) is 8.90. The van der Waals surface area contributed by atoms with Crippen LogP contribution in [0.2, 0.25) is 0 Å². The number of unbranched alkanes of at least 4 members (excludes halogenated alkanes) is 3. The van der Waals surface area contributed by atoms with Gasteiger partial charge in [0.15, 0.2) is 0 Å². The normalized spacial score (nSPS) is 10.1. The third-order valence-corrected chi connectivity index (χ3v) is 3.38. The van der Waals surface area contributed by atoms with E-state index >= 15 is 0 Å². The van der Waals surface area contributed by atoms with Crippen molar-refractivity contribution in [2.24, 2.45) is 0 Å². The Morgan fingerprint density at radius 3 is 2.83 bits per heavy atom. The van der Waals surface area contributed by atoms with Gasteiger partial charge in [-0.25, -0.2) is 4.79 Å². The Labute approximate surface area is 121 Å². The summed E-state index contributed by atoms with van der Waals surface area (Å²) < 4.78 is 6.55. The van der Waals surface area contributed by atoms with Crippen LogP contribution in [0, 0.1) is 3.57 Å². The molecule has 0 aliphatic rings. The number of halogens is 1. The second-order valence-electron chi connectivity index (χ2n) is 3.94. The van der Waals surface area contributed by atoms with Crippen molar-refractivity contribution in [3.8, 4) is 5.75 Å². The molecule has 0 unspecified atom stereocenters. The third kappa shape index (κ3) is 5.08. The molecule has 0 atom stereocenters. The average molecular weight is 360 g/mol. The lowest BCUT2D eigenvalue weighted by atomic mass is 10.2. The fraction of sp³-hybridized carbons (Fsp3) is 0.357. The molecule has 98 valence electrons. The molecule has 0 amide bonds. The Morgan fingerprint density at radius 1 is 1.39 bits per heavy atom. The van der Waals surface area contributed by atoms with Crippen LogP contribution in [0.5, 0.6) is 5.75 Å². The molecule has 3 nitrogen and oxygen atoms in total. The molecule has 1 N–H and O–H groups in total. The van der Waals surface area contributed by atoms with Crippen LogP contribution in [-0.2, 0) is 0 Å². The monoisotopic (exact) mass is 360 g/mol. The highest BCUT2D eigenvalue weighted by Gasteiger charge is 2.07. The van der Waals surface area contributed by atoms with Gasteiger partial charge in [0.1, 0.15) is 5.75 Å². The van der Waals surface area contributed by atoms with Gasteiger partial charge in [-0.05, 0) is 66.5 Å². The number of aromatic carboxylic acids is 1. The summed E-state index contributed by atoms with van der Waals surface area (Å²) in [5.74, 6) is -0.276. The smallest absolute Gasteiger partial charge is 0.335 e. The van der Waals surface area contributed by atoms with Crippen LogP contribution in [0.4, 0.5) is 0 Å². The molecule has 0 aliphatic carbocycles. The van der Waals surface area contributed by atoms with Crippen LogP contribution in [0.3, 0.4) is 0 Å². The van der Waals surface area contributed by atoms with Gasteiger partial charge < -0.3 is 9.84 Å². The highest BCUT2D eigenvalue weighted by atomic mass is 127. The SMILES string of the molecule is C=CCCCCCOc1cc(C(=O)O)ccc1I. The number of hydrogen-bond donors (Lipinski definition) is 1. The molecule has 0 heterocycles. The minimum absolute atomic E-state index is 0.261. The van der Waals surface area contributed by atoms with Gasteiger partial charge in [-0.3, -0.25) is 0 Å². The molecule has 0 saturated heterocycles. The van der Waals surface area contributed by atoms with E-state index in [2.05, 4.69) is 29.2 Å². The number of carboxylic acids is 1. The van der Waals surface area contributed by atoms with Gasteiger partial charge in [0.2, 0.25) is 0 Å². The van der Waals surface area contributed by atoms with E-state index in [9.17, 15) is 4.79 Å². The minimum atomic E-state index is -0.928. The van der Waals surface area contributed by atoms with Crippen LogP contribution in [0.15, 0.2) is 30.9 Å². The Balaban J connectivity index is 2.43. The average Bonchev–Trinajstić information content (AvgIpc) is 2.35. The quantitative estimate of drug-likeness (QED) is 0.431. The van der Waals surface area contributed by atoms with Crippen molar-refractivity contribution in [3.63, 3.8) is 0 Å². The van der Waals surface area contributed by atoms with Crippen molar-refractivity contribution >= 4 is 28.6 Å². The van der Waals surface area contributed by atoms with Gasteiger partial charge in [-0.1, -0.05) is 6.08 Å². The maximum atomic E-state index is 10.8. The van der Waals surface area contributed by atoms with Crippen LogP contribution in [-0.4, -0.2) is 17.7 Å². The maximum absolute atomic E-state index is 10.8. The number of hydrogen-bond acceptors (Lipinski definition) is 2. The van der Waals surface area contributed by atoms with Gasteiger partial charge in [0.25, 0.3) is 0 Å². The predicted molar refractivity (Wildman–Crippen MR) is 80.3 cm³/mol. The molecule has 0 aromatic heterocycles. The van der Waals surface area contributed by atoms with Crippen LogP contribution < -0.4 is 4.74 Å². The Hall–Kier alpha value is -1.04. The molecule has 0 saturated carbocycles. The molecule has 1 rings (SSSR count). The number of ether oxygens (including phenoxy) is 1. The molecular formula is C14H17IO3. The fourth-order valence-electron chi connectivity index (χ4n) is 1.50. The largest absolute Gasteiger partial charge is 0.492 e. The standard InChI is InChI=1S/C14H17IO3/c1-2-3-4-5-6-9-18-13-10-11(14(16)17)7-8-12(13)15/h2,7-8,10H,1,3-6,9H2,(H,16,17). The van der Waals surface area contributed by atoms with E-state index in [1.807, 2.05) is 6.08 Å². The molecule has 1 aromatic rings. The molecule has 0 aliphatic heterocycles. The van der Waals surface area contributed by atoms with Crippen molar-refractivity contribution in [2.75, 3.05) is 6.61 Å². The minimum Gasteiger partial charge on any atom is -0.492 e. The summed E-state index contributed by atoms with van der Waals surface area (Å²) in [6.45, 7) is 4.30. The Kier molecular flexibility index (Phi) is 6.78. The number of rotatable bonds is 8. The molecule has 0 spiro atoms. The molecule has 4 heteroatoms. The summed E-state index contributed by atoms with van der Waals surface area (Å²) in [6.07, 6.45) is 6.15. The van der Waals surface area contributed by atoms with E-state index in [0.717, 1.165) is 29.3 Å². The zero-order valence-corrected chi connectivity index (χ0v) is 12.4.